The summed E-state index contributed by atoms with van der Waals surface area (Å²) in [5, 5.41) is 14.5. The van der Waals surface area contributed by atoms with Crippen LogP contribution in [0.25, 0.3) is 0 Å². The van der Waals surface area contributed by atoms with E-state index in [1.807, 2.05) is 6.92 Å². The van der Waals surface area contributed by atoms with Gasteiger partial charge in [-0.1, -0.05) is 12.1 Å². The van der Waals surface area contributed by atoms with Crippen molar-refractivity contribution < 1.29 is 9.72 Å². The van der Waals surface area contributed by atoms with Gasteiger partial charge in [-0.15, -0.1) is 0 Å². The maximum atomic E-state index is 12.0. The molecule has 1 aliphatic rings. The molecule has 1 aliphatic heterocycles. The molecule has 21 heavy (non-hydrogen) atoms. The van der Waals surface area contributed by atoms with Crippen LogP contribution in [0.1, 0.15) is 25.5 Å². The number of Topliss-reactive ketones (excluding diaryl/α,β-unsaturated/α-hetero) is 1. The monoisotopic (exact) mass is 305 g/mol. The van der Waals surface area contributed by atoms with Gasteiger partial charge < -0.3 is 10.2 Å². The van der Waals surface area contributed by atoms with Crippen molar-refractivity contribution in [2.24, 2.45) is 0 Å². The Bertz CT molecular complexity index is 669. The number of ketones is 1. The second-order valence-electron chi connectivity index (χ2n) is 4.85. The molecule has 7 heteroatoms. The Kier molecular flexibility index (Phi) is 4.04. The Morgan fingerprint density at radius 3 is 2.71 bits per heavy atom. The van der Waals surface area contributed by atoms with Crippen molar-refractivity contribution in [2.45, 2.75) is 19.9 Å². The van der Waals surface area contributed by atoms with Gasteiger partial charge in [0.1, 0.15) is 0 Å². The van der Waals surface area contributed by atoms with Gasteiger partial charge in [-0.3, -0.25) is 14.9 Å². The number of nitrogens with one attached hydrogen (secondary N) is 1. The van der Waals surface area contributed by atoms with Crippen LogP contribution in [0.5, 0.6) is 0 Å². The number of thiocarbonyl (C=S) groups is 1. The molecule has 0 bridgehead atoms. The molecule has 0 spiro atoms. The highest BCUT2D eigenvalue weighted by Crippen LogP contribution is 2.31. The van der Waals surface area contributed by atoms with Gasteiger partial charge in [-0.25, -0.2) is 0 Å². The fourth-order valence-corrected chi connectivity index (χ4v) is 2.62. The smallest absolute Gasteiger partial charge is 0.269 e. The number of carbonyl (C=O) groups is 1. The van der Waals surface area contributed by atoms with E-state index in [1.165, 1.54) is 19.1 Å². The zero-order valence-electron chi connectivity index (χ0n) is 11.9. The number of benzene rings is 1. The van der Waals surface area contributed by atoms with Crippen molar-refractivity contribution in [2.75, 3.05) is 7.05 Å². The predicted octanol–water partition coefficient (Wildman–Crippen LogP) is 2.32. The lowest BCUT2D eigenvalue weighted by Crippen LogP contribution is -2.45. The third-order valence-electron chi connectivity index (χ3n) is 3.55. The van der Waals surface area contributed by atoms with Crippen LogP contribution >= 0.6 is 12.2 Å². The summed E-state index contributed by atoms with van der Waals surface area (Å²) in [6.07, 6.45) is 0. The summed E-state index contributed by atoms with van der Waals surface area (Å²) in [5.41, 5.74) is 1.94. The third kappa shape index (κ3) is 2.78. The van der Waals surface area contributed by atoms with E-state index < -0.39 is 11.0 Å². The molecule has 1 atom stereocenters. The molecule has 0 radical (unpaired) electrons. The van der Waals surface area contributed by atoms with Crippen molar-refractivity contribution in [3.8, 4) is 0 Å². The Morgan fingerprint density at radius 1 is 1.48 bits per heavy atom. The molecule has 0 amide bonds. The summed E-state index contributed by atoms with van der Waals surface area (Å²) in [4.78, 5) is 24.1. The van der Waals surface area contributed by atoms with Gasteiger partial charge in [0.2, 0.25) is 0 Å². The molecule has 0 aliphatic carbocycles. The summed E-state index contributed by atoms with van der Waals surface area (Å²) in [6, 6.07) is 5.76. The zero-order chi connectivity index (χ0) is 15.7. The van der Waals surface area contributed by atoms with E-state index >= 15 is 0 Å². The Labute approximate surface area is 127 Å². The minimum absolute atomic E-state index is 0.0142. The molecule has 1 heterocycles. The average molecular weight is 305 g/mol. The molecule has 0 saturated heterocycles. The quantitative estimate of drug-likeness (QED) is 0.525. The molecule has 6 nitrogen and oxygen atoms in total. The highest BCUT2D eigenvalue weighted by atomic mass is 32.1. The number of non-ortho nitro benzene ring substituents is 1. The first-order valence-electron chi connectivity index (χ1n) is 6.33. The SMILES string of the molecule is CC(=O)C1=C(C)N(C)C(=S)N[C@H]1c1cccc([N+](=O)[O-])c1. The van der Waals surface area contributed by atoms with Crippen LogP contribution in [0.4, 0.5) is 5.69 Å². The Balaban J connectivity index is 2.56. The molecular weight excluding hydrogens is 290 g/mol. The first-order valence-corrected chi connectivity index (χ1v) is 6.74. The molecule has 110 valence electrons. The van der Waals surface area contributed by atoms with Crippen LogP contribution in [-0.4, -0.2) is 27.8 Å². The van der Waals surface area contributed by atoms with E-state index in [0.717, 1.165) is 5.70 Å². The lowest BCUT2D eigenvalue weighted by molar-refractivity contribution is -0.384. The lowest BCUT2D eigenvalue weighted by Gasteiger charge is -2.35. The topological polar surface area (TPSA) is 75.5 Å². The van der Waals surface area contributed by atoms with Crippen molar-refractivity contribution >= 4 is 28.8 Å². The fourth-order valence-electron chi connectivity index (χ4n) is 2.36. The number of allylic oxidation sites excluding steroid dienone is 1. The van der Waals surface area contributed by atoms with Gasteiger partial charge >= 0.3 is 0 Å². The van der Waals surface area contributed by atoms with E-state index in [1.54, 1.807) is 24.1 Å². The van der Waals surface area contributed by atoms with Gasteiger partial charge in [0.05, 0.1) is 11.0 Å². The first-order chi connectivity index (χ1) is 9.82. The summed E-state index contributed by atoms with van der Waals surface area (Å²) >= 11 is 5.24. The fraction of sp³-hybridized carbons (Fsp3) is 0.286. The molecule has 1 N–H and O–H groups in total. The van der Waals surface area contributed by atoms with Gasteiger partial charge in [0.15, 0.2) is 10.9 Å². The number of hydrogen-bond donors (Lipinski definition) is 1. The molecule has 2 rings (SSSR count). The molecule has 0 fully saturated rings. The van der Waals surface area contributed by atoms with E-state index in [4.69, 9.17) is 12.2 Å². The van der Waals surface area contributed by atoms with Crippen LogP contribution in [0, 0.1) is 10.1 Å². The molecule has 0 saturated carbocycles. The van der Waals surface area contributed by atoms with Crippen molar-refractivity contribution in [1.82, 2.24) is 10.2 Å². The van der Waals surface area contributed by atoms with Gasteiger partial charge in [-0.2, -0.15) is 0 Å². The largest absolute Gasteiger partial charge is 0.351 e. The van der Waals surface area contributed by atoms with Crippen molar-refractivity contribution in [3.63, 3.8) is 0 Å². The summed E-state index contributed by atoms with van der Waals surface area (Å²) in [6.45, 7) is 3.29. The van der Waals surface area contributed by atoms with Crippen LogP contribution in [0.15, 0.2) is 35.5 Å². The Hall–Kier alpha value is -2.28. The average Bonchev–Trinajstić information content (AvgIpc) is 2.44. The normalized spacial score (nSPS) is 18.5. The number of nitrogens with zero attached hydrogens (tertiary/aromatic N) is 2. The van der Waals surface area contributed by atoms with Crippen molar-refractivity contribution in [1.29, 1.82) is 0 Å². The van der Waals surface area contributed by atoms with Crippen LogP contribution < -0.4 is 5.32 Å². The highest BCUT2D eigenvalue weighted by molar-refractivity contribution is 7.80. The van der Waals surface area contributed by atoms with E-state index in [2.05, 4.69) is 5.32 Å². The summed E-state index contributed by atoms with van der Waals surface area (Å²) < 4.78 is 0. The molecular formula is C14H15N3O3S. The number of nitro benzene ring substituents is 1. The second-order valence-corrected chi connectivity index (χ2v) is 5.24. The minimum atomic E-state index is -0.467. The molecule has 0 aromatic heterocycles. The summed E-state index contributed by atoms with van der Waals surface area (Å²) in [5.74, 6) is -0.0918. The maximum absolute atomic E-state index is 12.0. The molecule has 1 aromatic rings. The van der Waals surface area contributed by atoms with E-state index in [0.29, 0.717) is 16.2 Å². The van der Waals surface area contributed by atoms with Crippen LogP contribution in [0.2, 0.25) is 0 Å². The number of carbonyl (C=O) groups excluding carboxylic acids is 1. The van der Waals surface area contributed by atoms with Gasteiger partial charge in [0.25, 0.3) is 5.69 Å². The van der Waals surface area contributed by atoms with Crippen LogP contribution in [0.3, 0.4) is 0 Å². The maximum Gasteiger partial charge on any atom is 0.269 e. The number of rotatable bonds is 3. The second kappa shape index (κ2) is 5.61. The first kappa shape index (κ1) is 15.1. The third-order valence-corrected chi connectivity index (χ3v) is 3.94. The number of hydrogen-bond acceptors (Lipinski definition) is 4. The van der Waals surface area contributed by atoms with E-state index in [9.17, 15) is 14.9 Å². The van der Waals surface area contributed by atoms with E-state index in [-0.39, 0.29) is 11.5 Å². The van der Waals surface area contributed by atoms with Gasteiger partial charge in [0, 0.05) is 30.5 Å². The van der Waals surface area contributed by atoms with Crippen LogP contribution in [-0.2, 0) is 4.79 Å². The summed E-state index contributed by atoms with van der Waals surface area (Å²) in [7, 11) is 1.78. The molecule has 0 unspecified atom stereocenters. The Morgan fingerprint density at radius 2 is 2.14 bits per heavy atom. The predicted molar refractivity (Wildman–Crippen MR) is 82.7 cm³/mol. The standard InChI is InChI=1S/C14H15N3O3S/c1-8-12(9(2)18)13(15-14(21)16(8)3)10-5-4-6-11(7-10)17(19)20/h4-7,13H,1-3H3,(H,15,21)/t13-/m0/s1. The molecule has 1 aromatic carbocycles. The zero-order valence-corrected chi connectivity index (χ0v) is 12.7. The highest BCUT2D eigenvalue weighted by Gasteiger charge is 2.31. The van der Waals surface area contributed by atoms with Gasteiger partial charge in [-0.05, 0) is 31.6 Å². The number of nitro groups is 1. The lowest BCUT2D eigenvalue weighted by atomic mass is 9.92. The minimum Gasteiger partial charge on any atom is -0.351 e. The van der Waals surface area contributed by atoms with Crippen molar-refractivity contribution in [3.05, 3.63) is 51.2 Å².